The first-order valence-corrected chi connectivity index (χ1v) is 5.45. The zero-order valence-corrected chi connectivity index (χ0v) is 9.25. The summed E-state index contributed by atoms with van der Waals surface area (Å²) in [5.74, 6) is 0.794. The first kappa shape index (κ1) is 10.1. The number of aromatic nitrogens is 1. The van der Waals surface area contributed by atoms with Gasteiger partial charge in [0.15, 0.2) is 0 Å². The van der Waals surface area contributed by atoms with E-state index in [0.29, 0.717) is 6.54 Å². The summed E-state index contributed by atoms with van der Waals surface area (Å²) in [6.07, 6.45) is 1.76. The van der Waals surface area contributed by atoms with Gasteiger partial charge in [0.2, 0.25) is 0 Å². The fourth-order valence-corrected chi connectivity index (χ4v) is 2.24. The van der Waals surface area contributed by atoms with Crippen molar-refractivity contribution in [2.75, 3.05) is 7.11 Å². The highest BCUT2D eigenvalue weighted by Crippen LogP contribution is 2.32. The summed E-state index contributed by atoms with van der Waals surface area (Å²) >= 11 is 1.65. The van der Waals surface area contributed by atoms with E-state index in [2.05, 4.69) is 4.98 Å². The van der Waals surface area contributed by atoms with Crippen molar-refractivity contribution in [1.82, 2.24) is 4.98 Å². The van der Waals surface area contributed by atoms with E-state index in [1.54, 1.807) is 24.6 Å². The van der Waals surface area contributed by atoms with Gasteiger partial charge in [-0.1, -0.05) is 0 Å². The minimum absolute atomic E-state index is 0.569. The lowest BCUT2D eigenvalue weighted by Crippen LogP contribution is -1.91. The standard InChI is InChI=1S/C11H12N2OS/c1-14-9-3-2-6-13-11(9)10-5-4-8(7-12)15-10/h2-6H,7,12H2,1H3. The molecule has 4 heteroatoms. The molecule has 0 bridgehead atoms. The SMILES string of the molecule is COc1cccnc1-c1ccc(CN)s1. The molecule has 0 spiro atoms. The Morgan fingerprint density at radius 2 is 2.27 bits per heavy atom. The van der Waals surface area contributed by atoms with Crippen LogP contribution in [-0.2, 0) is 6.54 Å². The minimum Gasteiger partial charge on any atom is -0.494 e. The van der Waals surface area contributed by atoms with Crippen LogP contribution in [0.2, 0.25) is 0 Å². The van der Waals surface area contributed by atoms with Gasteiger partial charge in [0.1, 0.15) is 11.4 Å². The fraction of sp³-hybridized carbons (Fsp3) is 0.182. The summed E-state index contributed by atoms with van der Waals surface area (Å²) in [5.41, 5.74) is 6.45. The number of rotatable bonds is 3. The van der Waals surface area contributed by atoms with Crippen LogP contribution < -0.4 is 10.5 Å². The maximum absolute atomic E-state index is 5.57. The Hall–Kier alpha value is -1.39. The van der Waals surface area contributed by atoms with Crippen LogP contribution in [0.1, 0.15) is 4.88 Å². The van der Waals surface area contributed by atoms with E-state index < -0.39 is 0 Å². The van der Waals surface area contributed by atoms with Gasteiger partial charge in [-0.3, -0.25) is 4.98 Å². The Morgan fingerprint density at radius 1 is 1.40 bits per heavy atom. The second-order valence-electron chi connectivity index (χ2n) is 3.02. The molecule has 0 fully saturated rings. The predicted molar refractivity (Wildman–Crippen MR) is 62.0 cm³/mol. The summed E-state index contributed by atoms with van der Waals surface area (Å²) in [5, 5.41) is 0. The van der Waals surface area contributed by atoms with Crippen molar-refractivity contribution in [2.45, 2.75) is 6.54 Å². The van der Waals surface area contributed by atoms with Gasteiger partial charge in [-0.15, -0.1) is 11.3 Å². The molecule has 3 nitrogen and oxygen atoms in total. The molecule has 0 aromatic carbocycles. The molecule has 0 amide bonds. The van der Waals surface area contributed by atoms with Crippen molar-refractivity contribution < 1.29 is 4.74 Å². The zero-order valence-electron chi connectivity index (χ0n) is 8.43. The van der Waals surface area contributed by atoms with E-state index in [4.69, 9.17) is 10.5 Å². The Balaban J connectivity index is 2.44. The molecule has 2 rings (SSSR count). The van der Waals surface area contributed by atoms with Crippen molar-refractivity contribution in [3.63, 3.8) is 0 Å². The van der Waals surface area contributed by atoms with Crippen LogP contribution in [0, 0.1) is 0 Å². The van der Waals surface area contributed by atoms with Crippen LogP contribution in [0.15, 0.2) is 30.5 Å². The number of ether oxygens (including phenoxy) is 1. The summed E-state index contributed by atoms with van der Waals surface area (Å²) in [6, 6.07) is 7.82. The molecule has 0 radical (unpaired) electrons. The summed E-state index contributed by atoms with van der Waals surface area (Å²) in [6.45, 7) is 0.569. The quantitative estimate of drug-likeness (QED) is 0.863. The van der Waals surface area contributed by atoms with Crippen molar-refractivity contribution in [3.05, 3.63) is 35.3 Å². The molecule has 0 aliphatic carbocycles. The van der Waals surface area contributed by atoms with E-state index in [1.807, 2.05) is 24.3 Å². The molecular formula is C11H12N2OS. The molecule has 2 aromatic rings. The van der Waals surface area contributed by atoms with Gasteiger partial charge in [0, 0.05) is 17.6 Å². The molecule has 0 atom stereocenters. The van der Waals surface area contributed by atoms with Crippen molar-refractivity contribution >= 4 is 11.3 Å². The lowest BCUT2D eigenvalue weighted by Gasteiger charge is -2.03. The number of nitrogens with two attached hydrogens (primary N) is 1. The third kappa shape index (κ3) is 2.00. The van der Waals surface area contributed by atoms with Crippen molar-refractivity contribution in [2.24, 2.45) is 5.73 Å². The van der Waals surface area contributed by atoms with Gasteiger partial charge in [0.25, 0.3) is 0 Å². The molecule has 0 saturated carbocycles. The first-order valence-electron chi connectivity index (χ1n) is 4.63. The van der Waals surface area contributed by atoms with Crippen molar-refractivity contribution in [1.29, 1.82) is 0 Å². The Bertz CT molecular complexity index is 453. The maximum atomic E-state index is 5.57. The first-order chi connectivity index (χ1) is 7.35. The molecule has 0 aliphatic rings. The van der Waals surface area contributed by atoms with Crippen LogP contribution in [0.4, 0.5) is 0 Å². The molecule has 2 heterocycles. The van der Waals surface area contributed by atoms with Crippen LogP contribution >= 0.6 is 11.3 Å². The van der Waals surface area contributed by atoms with E-state index in [9.17, 15) is 0 Å². The lowest BCUT2D eigenvalue weighted by atomic mass is 10.3. The van der Waals surface area contributed by atoms with Gasteiger partial charge in [-0.05, 0) is 24.3 Å². The Morgan fingerprint density at radius 3 is 2.93 bits per heavy atom. The predicted octanol–water partition coefficient (Wildman–Crippen LogP) is 2.28. The third-order valence-corrected chi connectivity index (χ3v) is 3.20. The smallest absolute Gasteiger partial charge is 0.145 e. The molecular weight excluding hydrogens is 208 g/mol. The van der Waals surface area contributed by atoms with E-state index in [-0.39, 0.29) is 0 Å². The average Bonchev–Trinajstić information content (AvgIpc) is 2.77. The summed E-state index contributed by atoms with van der Waals surface area (Å²) < 4.78 is 5.26. The normalized spacial score (nSPS) is 10.3. The highest BCUT2D eigenvalue weighted by molar-refractivity contribution is 7.15. The van der Waals surface area contributed by atoms with Crippen molar-refractivity contribution in [3.8, 4) is 16.3 Å². The van der Waals surface area contributed by atoms with Crippen LogP contribution in [-0.4, -0.2) is 12.1 Å². The van der Waals surface area contributed by atoms with E-state index >= 15 is 0 Å². The Labute approximate surface area is 92.5 Å². The second-order valence-corrected chi connectivity index (χ2v) is 4.19. The number of hydrogen-bond donors (Lipinski definition) is 1. The molecule has 2 aromatic heterocycles. The fourth-order valence-electron chi connectivity index (χ4n) is 1.36. The topological polar surface area (TPSA) is 48.1 Å². The number of hydrogen-bond acceptors (Lipinski definition) is 4. The highest BCUT2D eigenvalue weighted by atomic mass is 32.1. The zero-order chi connectivity index (χ0) is 10.7. The van der Waals surface area contributed by atoms with E-state index in [1.165, 1.54) is 0 Å². The number of nitrogens with zero attached hydrogens (tertiary/aromatic N) is 1. The maximum Gasteiger partial charge on any atom is 0.145 e. The van der Waals surface area contributed by atoms with Gasteiger partial charge >= 0.3 is 0 Å². The highest BCUT2D eigenvalue weighted by Gasteiger charge is 2.08. The van der Waals surface area contributed by atoms with E-state index in [0.717, 1.165) is 21.2 Å². The average molecular weight is 220 g/mol. The molecule has 0 unspecified atom stereocenters. The van der Waals surface area contributed by atoms with Crippen LogP contribution in [0.25, 0.3) is 10.6 Å². The van der Waals surface area contributed by atoms with Crippen LogP contribution in [0.5, 0.6) is 5.75 Å². The minimum atomic E-state index is 0.569. The number of methoxy groups -OCH3 is 1. The summed E-state index contributed by atoms with van der Waals surface area (Å²) in [4.78, 5) is 6.55. The molecule has 0 saturated heterocycles. The molecule has 78 valence electrons. The largest absolute Gasteiger partial charge is 0.494 e. The van der Waals surface area contributed by atoms with Gasteiger partial charge in [-0.25, -0.2) is 0 Å². The molecule has 2 N–H and O–H groups in total. The number of thiophene rings is 1. The monoisotopic (exact) mass is 220 g/mol. The van der Waals surface area contributed by atoms with Gasteiger partial charge in [0.05, 0.1) is 12.0 Å². The molecule has 0 aliphatic heterocycles. The number of pyridine rings is 1. The van der Waals surface area contributed by atoms with Gasteiger partial charge < -0.3 is 10.5 Å². The lowest BCUT2D eigenvalue weighted by molar-refractivity contribution is 0.415. The second kappa shape index (κ2) is 4.42. The third-order valence-electron chi connectivity index (χ3n) is 2.09. The Kier molecular flexibility index (Phi) is 2.99. The molecule has 15 heavy (non-hydrogen) atoms. The summed E-state index contributed by atoms with van der Waals surface area (Å²) in [7, 11) is 1.65. The van der Waals surface area contributed by atoms with Gasteiger partial charge in [-0.2, -0.15) is 0 Å². The van der Waals surface area contributed by atoms with Crippen LogP contribution in [0.3, 0.4) is 0 Å².